The highest BCUT2D eigenvalue weighted by molar-refractivity contribution is 7.92. The van der Waals surface area contributed by atoms with Gasteiger partial charge >= 0.3 is 0 Å². The highest BCUT2D eigenvalue weighted by Crippen LogP contribution is 2.29. The first-order valence-corrected chi connectivity index (χ1v) is 11.8. The van der Waals surface area contributed by atoms with Gasteiger partial charge in [0.1, 0.15) is 23.9 Å². The molecule has 0 unspecified atom stereocenters. The molecule has 0 aliphatic heterocycles. The second-order valence-electron chi connectivity index (χ2n) is 7.07. The van der Waals surface area contributed by atoms with Gasteiger partial charge < -0.3 is 19.5 Å². The van der Waals surface area contributed by atoms with Crippen LogP contribution in [0.25, 0.3) is 0 Å². The normalized spacial score (nSPS) is 12.0. The van der Waals surface area contributed by atoms with Gasteiger partial charge in [-0.2, -0.15) is 0 Å². The van der Waals surface area contributed by atoms with Crippen molar-refractivity contribution in [3.8, 4) is 17.2 Å². The number of carbonyl (C=O) groups is 1. The molecule has 0 aromatic heterocycles. The number of ether oxygens (including phenoxy) is 3. The Morgan fingerprint density at radius 1 is 1.03 bits per heavy atom. The van der Waals surface area contributed by atoms with Gasteiger partial charge in [0.05, 0.1) is 32.2 Å². The van der Waals surface area contributed by atoms with E-state index in [4.69, 9.17) is 14.2 Å². The summed E-state index contributed by atoms with van der Waals surface area (Å²) < 4.78 is 41.8. The Balaban J connectivity index is 1.83. The number of rotatable bonds is 12. The molecule has 2 aromatic carbocycles. The molecule has 1 N–H and O–H groups in total. The van der Waals surface area contributed by atoms with E-state index in [1.54, 1.807) is 55.6 Å². The second-order valence-corrected chi connectivity index (χ2v) is 8.97. The predicted molar refractivity (Wildman–Crippen MR) is 121 cm³/mol. The fourth-order valence-corrected chi connectivity index (χ4v) is 3.93. The molecule has 0 fully saturated rings. The number of benzene rings is 2. The maximum Gasteiger partial charge on any atom is 0.232 e. The maximum atomic E-state index is 12.3. The van der Waals surface area contributed by atoms with Crippen LogP contribution >= 0.6 is 0 Å². The van der Waals surface area contributed by atoms with Crippen molar-refractivity contribution >= 4 is 21.6 Å². The molecule has 0 saturated heterocycles. The number of carbonyl (C=O) groups excluding carboxylic acids is 1. The molecule has 0 aliphatic rings. The summed E-state index contributed by atoms with van der Waals surface area (Å²) in [5, 5.41) is 2.87. The highest BCUT2D eigenvalue weighted by atomic mass is 32.2. The molecule has 2 aromatic rings. The molecule has 31 heavy (non-hydrogen) atoms. The minimum atomic E-state index is -3.52. The lowest BCUT2D eigenvalue weighted by Crippen LogP contribution is -2.37. The molecule has 9 heteroatoms. The SMILES string of the molecule is COc1ccc(OC[C@@H](C)NC(=O)CCCN(c2ccccc2OC)S(C)(=O)=O)cc1. The molecule has 0 aliphatic carbocycles. The van der Waals surface area contributed by atoms with Crippen molar-refractivity contribution in [2.45, 2.75) is 25.8 Å². The molecule has 0 saturated carbocycles. The first kappa shape index (κ1) is 24.3. The van der Waals surface area contributed by atoms with Crippen LogP contribution in [0.5, 0.6) is 17.2 Å². The number of para-hydroxylation sites is 2. The topological polar surface area (TPSA) is 94.2 Å². The fourth-order valence-electron chi connectivity index (χ4n) is 2.97. The van der Waals surface area contributed by atoms with Crippen molar-refractivity contribution in [3.63, 3.8) is 0 Å². The lowest BCUT2D eigenvalue weighted by molar-refractivity contribution is -0.121. The first-order chi connectivity index (χ1) is 14.7. The number of hydrogen-bond acceptors (Lipinski definition) is 6. The van der Waals surface area contributed by atoms with Crippen LogP contribution in [0, 0.1) is 0 Å². The quantitative estimate of drug-likeness (QED) is 0.534. The van der Waals surface area contributed by atoms with Gasteiger partial charge in [-0.1, -0.05) is 12.1 Å². The van der Waals surface area contributed by atoms with E-state index in [1.165, 1.54) is 11.4 Å². The third kappa shape index (κ3) is 7.67. The Kier molecular flexibility index (Phi) is 8.99. The molecule has 2 rings (SSSR count). The zero-order valence-corrected chi connectivity index (χ0v) is 19.1. The van der Waals surface area contributed by atoms with Crippen molar-refractivity contribution in [3.05, 3.63) is 48.5 Å². The summed E-state index contributed by atoms with van der Waals surface area (Å²) in [6, 6.07) is 13.9. The van der Waals surface area contributed by atoms with E-state index in [1.807, 2.05) is 6.92 Å². The maximum absolute atomic E-state index is 12.3. The van der Waals surface area contributed by atoms with Crippen molar-refractivity contribution < 1.29 is 27.4 Å². The van der Waals surface area contributed by atoms with Crippen LogP contribution in [0.1, 0.15) is 19.8 Å². The number of amides is 1. The van der Waals surface area contributed by atoms with E-state index in [0.29, 0.717) is 30.2 Å². The van der Waals surface area contributed by atoms with E-state index < -0.39 is 10.0 Å². The number of nitrogens with zero attached hydrogens (tertiary/aromatic N) is 1. The van der Waals surface area contributed by atoms with Crippen molar-refractivity contribution in [2.75, 3.05) is 37.9 Å². The van der Waals surface area contributed by atoms with Crippen LogP contribution < -0.4 is 23.8 Å². The van der Waals surface area contributed by atoms with Gasteiger partial charge in [0.2, 0.25) is 15.9 Å². The minimum absolute atomic E-state index is 0.167. The summed E-state index contributed by atoms with van der Waals surface area (Å²) in [6.45, 7) is 2.33. The summed E-state index contributed by atoms with van der Waals surface area (Å²) >= 11 is 0. The molecule has 0 radical (unpaired) electrons. The monoisotopic (exact) mass is 450 g/mol. The van der Waals surface area contributed by atoms with Gasteiger partial charge in [-0.25, -0.2) is 8.42 Å². The molecule has 0 heterocycles. The molecule has 0 spiro atoms. The number of nitrogens with one attached hydrogen (secondary N) is 1. The predicted octanol–water partition coefficient (Wildman–Crippen LogP) is 2.83. The van der Waals surface area contributed by atoms with Crippen LogP contribution in [-0.2, 0) is 14.8 Å². The number of hydrogen-bond donors (Lipinski definition) is 1. The van der Waals surface area contributed by atoms with Crippen LogP contribution in [-0.4, -0.2) is 54.0 Å². The smallest absolute Gasteiger partial charge is 0.232 e. The summed E-state index contributed by atoms with van der Waals surface area (Å²) in [5.41, 5.74) is 0.453. The Labute approximate surface area is 184 Å². The summed E-state index contributed by atoms with van der Waals surface area (Å²) in [5.74, 6) is 1.72. The molecule has 1 atom stereocenters. The van der Waals surface area contributed by atoms with Crippen LogP contribution in [0.2, 0.25) is 0 Å². The standard InChI is InChI=1S/C22H30N2O6S/c1-17(16-30-19-13-11-18(28-2)12-14-19)23-22(25)10-7-15-24(31(4,26)27)20-8-5-6-9-21(20)29-3/h5-6,8-9,11-14,17H,7,10,15-16H2,1-4H3,(H,23,25)/t17-/m1/s1. The Hall–Kier alpha value is -2.94. The van der Waals surface area contributed by atoms with Gasteiger partial charge in [-0.3, -0.25) is 9.10 Å². The molecule has 170 valence electrons. The van der Waals surface area contributed by atoms with Crippen LogP contribution in [0.3, 0.4) is 0 Å². The summed E-state index contributed by atoms with van der Waals surface area (Å²) in [4.78, 5) is 12.3. The van der Waals surface area contributed by atoms with Crippen LogP contribution in [0.4, 0.5) is 5.69 Å². The highest BCUT2D eigenvalue weighted by Gasteiger charge is 2.21. The fraction of sp³-hybridized carbons (Fsp3) is 0.409. The number of sulfonamides is 1. The van der Waals surface area contributed by atoms with Crippen molar-refractivity contribution in [1.82, 2.24) is 5.32 Å². The molecular formula is C22H30N2O6S. The summed E-state index contributed by atoms with van der Waals surface area (Å²) in [6.07, 6.45) is 1.69. The lowest BCUT2D eigenvalue weighted by atomic mass is 10.2. The Morgan fingerprint density at radius 2 is 1.68 bits per heavy atom. The van der Waals surface area contributed by atoms with Gasteiger partial charge in [0.15, 0.2) is 0 Å². The van der Waals surface area contributed by atoms with E-state index in [9.17, 15) is 13.2 Å². The van der Waals surface area contributed by atoms with E-state index in [2.05, 4.69) is 5.32 Å². The van der Waals surface area contributed by atoms with Crippen molar-refractivity contribution in [1.29, 1.82) is 0 Å². The first-order valence-electron chi connectivity index (χ1n) is 9.91. The second kappa shape index (κ2) is 11.5. The molecule has 0 bridgehead atoms. The van der Waals surface area contributed by atoms with Gasteiger partial charge in [-0.05, 0) is 49.7 Å². The number of anilines is 1. The largest absolute Gasteiger partial charge is 0.497 e. The third-order valence-corrected chi connectivity index (χ3v) is 5.67. The van der Waals surface area contributed by atoms with Gasteiger partial charge in [0.25, 0.3) is 0 Å². The van der Waals surface area contributed by atoms with E-state index in [0.717, 1.165) is 12.0 Å². The Bertz CT molecular complexity index is 947. The third-order valence-electron chi connectivity index (χ3n) is 4.49. The molecule has 8 nitrogen and oxygen atoms in total. The van der Waals surface area contributed by atoms with Crippen LogP contribution in [0.15, 0.2) is 48.5 Å². The number of methoxy groups -OCH3 is 2. The van der Waals surface area contributed by atoms with Gasteiger partial charge in [0, 0.05) is 13.0 Å². The van der Waals surface area contributed by atoms with Crippen molar-refractivity contribution in [2.24, 2.45) is 0 Å². The molecule has 1 amide bonds. The Morgan fingerprint density at radius 3 is 2.29 bits per heavy atom. The summed E-state index contributed by atoms with van der Waals surface area (Å²) in [7, 11) is -0.439. The zero-order chi connectivity index (χ0) is 22.9. The average molecular weight is 451 g/mol. The molecular weight excluding hydrogens is 420 g/mol. The van der Waals surface area contributed by atoms with E-state index in [-0.39, 0.29) is 24.9 Å². The van der Waals surface area contributed by atoms with Gasteiger partial charge in [-0.15, -0.1) is 0 Å². The average Bonchev–Trinajstić information content (AvgIpc) is 2.74. The lowest BCUT2D eigenvalue weighted by Gasteiger charge is -2.24. The van der Waals surface area contributed by atoms with E-state index >= 15 is 0 Å². The minimum Gasteiger partial charge on any atom is -0.497 e. The zero-order valence-electron chi connectivity index (χ0n) is 18.3.